The van der Waals surface area contributed by atoms with Crippen LogP contribution in [0.5, 0.6) is 17.4 Å². The molecule has 0 unspecified atom stereocenters. The van der Waals surface area contributed by atoms with Gasteiger partial charge in [0.2, 0.25) is 5.88 Å². The van der Waals surface area contributed by atoms with Crippen LogP contribution in [0.2, 0.25) is 0 Å². The summed E-state index contributed by atoms with van der Waals surface area (Å²) in [6, 6.07) is 31.9. The molecule has 9 nitrogen and oxygen atoms in total. The lowest BCUT2D eigenvalue weighted by Gasteiger charge is -1.91. The number of Topliss-reactive ketones (excluding diaryl/α,β-unsaturated/α-hetero) is 1. The molecular formula is C32H26N4O5. The molecule has 7 N–H and O–H groups in total. The maximum atomic E-state index is 11.0. The number of aromatic hydroxyl groups is 3. The fourth-order valence-corrected chi connectivity index (χ4v) is 4.26. The fourth-order valence-electron chi connectivity index (χ4n) is 4.26. The van der Waals surface area contributed by atoms with E-state index in [-0.39, 0.29) is 11.6 Å². The molecule has 4 aromatic carbocycles. The van der Waals surface area contributed by atoms with Crippen LogP contribution >= 0.6 is 0 Å². The molecule has 0 fully saturated rings. The van der Waals surface area contributed by atoms with Crippen molar-refractivity contribution >= 4 is 50.1 Å². The highest BCUT2D eigenvalue weighted by Gasteiger charge is 2.26. The molecular weight excluding hydrogens is 520 g/mol. The van der Waals surface area contributed by atoms with E-state index in [1.807, 2.05) is 48.7 Å². The molecule has 41 heavy (non-hydrogen) atoms. The topological polar surface area (TPSA) is 154 Å². The number of amides is 1. The Morgan fingerprint density at radius 1 is 0.585 bits per heavy atom. The summed E-state index contributed by atoms with van der Waals surface area (Å²) in [5.74, 6) is -0.922. The van der Waals surface area contributed by atoms with Gasteiger partial charge in [-0.05, 0) is 53.9 Å². The minimum Gasteiger partial charge on any atom is -0.506 e. The Morgan fingerprint density at radius 3 is 1.93 bits per heavy atom. The quantitative estimate of drug-likeness (QED) is 0.109. The van der Waals surface area contributed by atoms with Crippen LogP contribution in [-0.2, 0) is 4.79 Å². The largest absolute Gasteiger partial charge is 0.506 e. The number of benzene rings is 4. The van der Waals surface area contributed by atoms with E-state index in [9.17, 15) is 19.8 Å². The third-order valence-corrected chi connectivity index (χ3v) is 6.32. The third-order valence-electron chi connectivity index (χ3n) is 6.32. The van der Waals surface area contributed by atoms with E-state index >= 15 is 0 Å². The SMILES string of the molecule is O=C1Nc2ccccc2C1=O.Oc1[nH]c2ccccc2c1O.Oc1c[nH]c2ccccc12.c1ccc2[nH]ccc2c1. The normalized spacial score (nSPS) is 11.5. The van der Waals surface area contributed by atoms with E-state index in [1.165, 1.54) is 10.9 Å². The number of fused-ring (bicyclic) bond motifs is 4. The number of aromatic amines is 3. The third kappa shape index (κ3) is 5.89. The minimum atomic E-state index is -0.536. The minimum absolute atomic E-state index is 0.0828. The summed E-state index contributed by atoms with van der Waals surface area (Å²) < 4.78 is 0. The number of rotatable bonds is 0. The van der Waals surface area contributed by atoms with Crippen LogP contribution in [0.25, 0.3) is 32.7 Å². The smallest absolute Gasteiger partial charge is 0.296 e. The molecule has 1 aliphatic heterocycles. The maximum absolute atomic E-state index is 11.0. The van der Waals surface area contributed by atoms with Crippen molar-refractivity contribution in [2.45, 2.75) is 0 Å². The first-order valence-corrected chi connectivity index (χ1v) is 12.6. The van der Waals surface area contributed by atoms with Crippen LogP contribution in [0.4, 0.5) is 5.69 Å². The summed E-state index contributed by atoms with van der Waals surface area (Å²) in [5.41, 5.74) is 4.00. The summed E-state index contributed by atoms with van der Waals surface area (Å²) in [6.45, 7) is 0. The second kappa shape index (κ2) is 11.8. The zero-order valence-electron chi connectivity index (χ0n) is 21.6. The monoisotopic (exact) mass is 546 g/mol. The zero-order chi connectivity index (χ0) is 28.8. The molecule has 0 atom stereocenters. The molecule has 4 heterocycles. The molecule has 1 amide bonds. The van der Waals surface area contributed by atoms with Gasteiger partial charge in [-0.3, -0.25) is 9.59 Å². The van der Waals surface area contributed by atoms with E-state index < -0.39 is 11.7 Å². The van der Waals surface area contributed by atoms with Gasteiger partial charge in [0.1, 0.15) is 5.75 Å². The number of hydrogen-bond acceptors (Lipinski definition) is 5. The van der Waals surface area contributed by atoms with Gasteiger partial charge in [0, 0.05) is 34.2 Å². The Bertz CT molecular complexity index is 1940. The van der Waals surface area contributed by atoms with Crippen molar-refractivity contribution in [1.29, 1.82) is 0 Å². The van der Waals surface area contributed by atoms with Crippen molar-refractivity contribution in [3.05, 3.63) is 121 Å². The van der Waals surface area contributed by atoms with E-state index in [2.05, 4.69) is 38.5 Å². The Morgan fingerprint density at radius 2 is 1.22 bits per heavy atom. The molecule has 0 aliphatic carbocycles. The van der Waals surface area contributed by atoms with E-state index in [0.29, 0.717) is 22.4 Å². The molecule has 3 aromatic heterocycles. The van der Waals surface area contributed by atoms with Gasteiger partial charge in [-0.1, -0.05) is 54.6 Å². The van der Waals surface area contributed by atoms with Crippen molar-refractivity contribution in [2.75, 3.05) is 5.32 Å². The van der Waals surface area contributed by atoms with Crippen LogP contribution in [0.3, 0.4) is 0 Å². The first kappa shape index (κ1) is 26.6. The molecule has 0 bridgehead atoms. The second-order valence-corrected chi connectivity index (χ2v) is 8.98. The molecule has 7 aromatic rings. The van der Waals surface area contributed by atoms with Gasteiger partial charge >= 0.3 is 0 Å². The van der Waals surface area contributed by atoms with Crippen molar-refractivity contribution in [2.24, 2.45) is 0 Å². The second-order valence-electron chi connectivity index (χ2n) is 8.98. The van der Waals surface area contributed by atoms with Gasteiger partial charge in [-0.2, -0.15) is 0 Å². The van der Waals surface area contributed by atoms with Crippen LogP contribution < -0.4 is 5.32 Å². The maximum Gasteiger partial charge on any atom is 0.296 e. The molecule has 204 valence electrons. The Balaban J connectivity index is 0.000000110. The number of carbonyl (C=O) groups excluding carboxylic acids is 2. The average molecular weight is 547 g/mol. The standard InChI is InChI=1S/C8H7NO2.C8H5NO2.C8H7NO.C8H7N/c2*10-7-5-3-1-2-4-6(5)9-8(7)11;10-8-5-9-7-4-2-1-3-6(7)8;1-2-4-8-7(3-1)5-6-9-8/h1-4,9-11H;1-4H,(H,9,10,11);1-5,9-10H;1-6,9H. The molecule has 0 spiro atoms. The van der Waals surface area contributed by atoms with E-state index in [0.717, 1.165) is 16.4 Å². The van der Waals surface area contributed by atoms with Crippen LogP contribution in [0, 0.1) is 0 Å². The predicted molar refractivity (Wildman–Crippen MR) is 159 cm³/mol. The molecule has 9 heteroatoms. The number of aromatic nitrogens is 3. The lowest BCUT2D eigenvalue weighted by Crippen LogP contribution is -2.12. The lowest BCUT2D eigenvalue weighted by molar-refractivity contribution is -0.112. The van der Waals surface area contributed by atoms with Crippen LogP contribution in [0.15, 0.2) is 116 Å². The van der Waals surface area contributed by atoms with E-state index in [4.69, 9.17) is 5.11 Å². The zero-order valence-corrected chi connectivity index (χ0v) is 21.6. The summed E-state index contributed by atoms with van der Waals surface area (Å²) >= 11 is 0. The fraction of sp³-hybridized carbons (Fsp3) is 0. The highest BCUT2D eigenvalue weighted by atomic mass is 16.3. The van der Waals surface area contributed by atoms with Gasteiger partial charge in [-0.25, -0.2) is 0 Å². The highest BCUT2D eigenvalue weighted by Crippen LogP contribution is 2.32. The Hall–Kier alpha value is -5.96. The highest BCUT2D eigenvalue weighted by molar-refractivity contribution is 6.51. The van der Waals surface area contributed by atoms with Gasteiger partial charge < -0.3 is 35.6 Å². The van der Waals surface area contributed by atoms with Crippen LogP contribution in [0.1, 0.15) is 10.4 Å². The molecule has 1 aliphatic rings. The molecule has 0 radical (unpaired) electrons. The van der Waals surface area contributed by atoms with Gasteiger partial charge in [0.25, 0.3) is 11.7 Å². The number of hydrogen-bond donors (Lipinski definition) is 7. The number of carbonyl (C=O) groups is 2. The molecule has 0 saturated carbocycles. The number of ketones is 1. The summed E-state index contributed by atoms with van der Waals surface area (Å²) in [4.78, 5) is 30.4. The lowest BCUT2D eigenvalue weighted by atomic mass is 10.1. The predicted octanol–water partition coefficient (Wildman–Crippen LogP) is 6.44. The number of anilines is 1. The number of H-pyrrole nitrogens is 3. The van der Waals surface area contributed by atoms with E-state index in [1.54, 1.807) is 48.7 Å². The first-order valence-electron chi connectivity index (χ1n) is 12.6. The summed E-state index contributed by atoms with van der Waals surface area (Å²) in [7, 11) is 0. The average Bonchev–Trinajstić information content (AvgIpc) is 3.77. The van der Waals surface area contributed by atoms with Crippen molar-refractivity contribution < 1.29 is 24.9 Å². The van der Waals surface area contributed by atoms with Crippen molar-refractivity contribution in [3.8, 4) is 17.4 Å². The molecule has 0 saturated heterocycles. The number of para-hydroxylation sites is 4. The summed E-state index contributed by atoms with van der Waals surface area (Å²) in [6.07, 6.45) is 3.54. The van der Waals surface area contributed by atoms with Crippen molar-refractivity contribution in [3.63, 3.8) is 0 Å². The van der Waals surface area contributed by atoms with Gasteiger partial charge in [0.05, 0.1) is 16.8 Å². The van der Waals surface area contributed by atoms with Gasteiger partial charge in [-0.15, -0.1) is 0 Å². The Labute approximate surface area is 233 Å². The summed E-state index contributed by atoms with van der Waals surface area (Å²) in [5, 5.41) is 32.7. The Kier molecular flexibility index (Phi) is 7.69. The van der Waals surface area contributed by atoms with Gasteiger partial charge in [0.15, 0.2) is 5.75 Å². The first-order chi connectivity index (χ1) is 19.9. The van der Waals surface area contributed by atoms with Crippen LogP contribution in [-0.4, -0.2) is 42.0 Å². The molecule has 8 rings (SSSR count). The number of nitrogens with one attached hydrogen (secondary N) is 4. The van der Waals surface area contributed by atoms with Crippen molar-refractivity contribution in [1.82, 2.24) is 15.0 Å².